The van der Waals surface area contributed by atoms with E-state index in [0.717, 1.165) is 13.1 Å². The zero-order chi connectivity index (χ0) is 13.8. The molecule has 1 atom stereocenters. The van der Waals surface area contributed by atoms with Crippen molar-refractivity contribution in [3.63, 3.8) is 0 Å². The van der Waals surface area contributed by atoms with Gasteiger partial charge in [0.15, 0.2) is 11.6 Å². The Bertz CT molecular complexity index is 443. The number of nitrogens with zero attached hydrogens (tertiary/aromatic N) is 1. The Morgan fingerprint density at radius 3 is 2.55 bits per heavy atom. The van der Waals surface area contributed by atoms with E-state index in [2.05, 4.69) is 5.32 Å². The molecule has 0 bridgehead atoms. The van der Waals surface area contributed by atoms with Crippen LogP contribution in [0.1, 0.15) is 11.6 Å². The number of piperazine rings is 1. The molecule has 1 aromatic carbocycles. The second-order valence-electron chi connectivity index (χ2n) is 4.46. The van der Waals surface area contributed by atoms with Crippen molar-refractivity contribution in [2.45, 2.75) is 6.04 Å². The van der Waals surface area contributed by atoms with Crippen molar-refractivity contribution in [2.75, 3.05) is 39.9 Å². The van der Waals surface area contributed by atoms with Crippen molar-refractivity contribution in [3.05, 3.63) is 29.3 Å². The number of nitrogens with one attached hydrogen (secondary N) is 1. The number of aliphatic hydroxyl groups excluding tert-OH is 1. The van der Waals surface area contributed by atoms with Crippen LogP contribution >= 0.6 is 12.4 Å². The van der Waals surface area contributed by atoms with Gasteiger partial charge in [0, 0.05) is 31.7 Å². The van der Waals surface area contributed by atoms with E-state index < -0.39 is 17.7 Å². The first-order valence-corrected chi connectivity index (χ1v) is 6.26. The molecule has 2 rings (SSSR count). The van der Waals surface area contributed by atoms with Gasteiger partial charge < -0.3 is 15.2 Å². The molecule has 1 aliphatic rings. The molecule has 7 heteroatoms. The SMILES string of the molecule is COc1ccc(F)c([C@@H](CO)N2CCNCC2)c1F.Cl. The molecule has 0 radical (unpaired) electrons. The number of methoxy groups -OCH3 is 1. The first-order chi connectivity index (χ1) is 9.19. The van der Waals surface area contributed by atoms with Crippen LogP contribution in [-0.4, -0.2) is 49.9 Å². The van der Waals surface area contributed by atoms with Gasteiger partial charge in [-0.25, -0.2) is 8.78 Å². The number of rotatable bonds is 4. The highest BCUT2D eigenvalue weighted by atomic mass is 35.5. The summed E-state index contributed by atoms with van der Waals surface area (Å²) in [5, 5.41) is 12.7. The zero-order valence-electron chi connectivity index (χ0n) is 11.2. The van der Waals surface area contributed by atoms with Crippen molar-refractivity contribution in [2.24, 2.45) is 0 Å². The van der Waals surface area contributed by atoms with Crippen LogP contribution in [0.4, 0.5) is 8.78 Å². The predicted octanol–water partition coefficient (Wildman–Crippen LogP) is 1.33. The average Bonchev–Trinajstić information content (AvgIpc) is 2.44. The molecule has 20 heavy (non-hydrogen) atoms. The Balaban J connectivity index is 0.00000200. The maximum atomic E-state index is 14.2. The zero-order valence-corrected chi connectivity index (χ0v) is 12.1. The van der Waals surface area contributed by atoms with Crippen molar-refractivity contribution in [1.82, 2.24) is 10.2 Å². The summed E-state index contributed by atoms with van der Waals surface area (Å²) in [4.78, 5) is 1.87. The van der Waals surface area contributed by atoms with E-state index in [1.54, 1.807) is 0 Å². The molecule has 0 amide bonds. The van der Waals surface area contributed by atoms with Gasteiger partial charge in [0.25, 0.3) is 0 Å². The third-order valence-electron chi connectivity index (χ3n) is 3.41. The Morgan fingerprint density at radius 1 is 1.35 bits per heavy atom. The van der Waals surface area contributed by atoms with Crippen LogP contribution in [-0.2, 0) is 0 Å². The molecule has 4 nitrogen and oxygen atoms in total. The van der Waals surface area contributed by atoms with Gasteiger partial charge >= 0.3 is 0 Å². The first kappa shape index (κ1) is 17.1. The summed E-state index contributed by atoms with van der Waals surface area (Å²) in [5.74, 6) is -1.40. The van der Waals surface area contributed by atoms with E-state index in [1.807, 2.05) is 4.90 Å². The molecule has 2 N–H and O–H groups in total. The van der Waals surface area contributed by atoms with Gasteiger partial charge in [0.2, 0.25) is 0 Å². The van der Waals surface area contributed by atoms with Gasteiger partial charge in [0.1, 0.15) is 5.82 Å². The third-order valence-corrected chi connectivity index (χ3v) is 3.41. The lowest BCUT2D eigenvalue weighted by molar-refractivity contribution is 0.105. The lowest BCUT2D eigenvalue weighted by Crippen LogP contribution is -2.46. The molecular weight excluding hydrogens is 290 g/mol. The number of ether oxygens (including phenoxy) is 1. The van der Waals surface area contributed by atoms with Crippen LogP contribution in [0.3, 0.4) is 0 Å². The Hall–Kier alpha value is -0.950. The molecule has 1 aliphatic heterocycles. The highest BCUT2D eigenvalue weighted by molar-refractivity contribution is 5.85. The van der Waals surface area contributed by atoms with Crippen molar-refractivity contribution >= 4 is 12.4 Å². The quantitative estimate of drug-likeness (QED) is 0.881. The Labute approximate surface area is 123 Å². The van der Waals surface area contributed by atoms with Crippen molar-refractivity contribution in [3.8, 4) is 5.75 Å². The highest BCUT2D eigenvalue weighted by Crippen LogP contribution is 2.31. The first-order valence-electron chi connectivity index (χ1n) is 6.26. The molecule has 0 saturated carbocycles. The van der Waals surface area contributed by atoms with E-state index in [9.17, 15) is 13.9 Å². The van der Waals surface area contributed by atoms with Gasteiger partial charge in [-0.1, -0.05) is 0 Å². The van der Waals surface area contributed by atoms with Gasteiger partial charge in [-0.15, -0.1) is 12.4 Å². The molecule has 1 aromatic rings. The maximum Gasteiger partial charge on any atom is 0.172 e. The van der Waals surface area contributed by atoms with Crippen LogP contribution in [0, 0.1) is 11.6 Å². The van der Waals surface area contributed by atoms with E-state index in [0.29, 0.717) is 13.1 Å². The topological polar surface area (TPSA) is 44.7 Å². The number of hydrogen-bond donors (Lipinski definition) is 2. The van der Waals surface area contributed by atoms with E-state index in [4.69, 9.17) is 4.74 Å². The van der Waals surface area contributed by atoms with Gasteiger partial charge in [0.05, 0.1) is 19.8 Å². The molecule has 1 saturated heterocycles. The Morgan fingerprint density at radius 2 is 2.00 bits per heavy atom. The van der Waals surface area contributed by atoms with Crippen LogP contribution < -0.4 is 10.1 Å². The molecular formula is C13H19ClF2N2O2. The lowest BCUT2D eigenvalue weighted by atomic mass is 10.0. The monoisotopic (exact) mass is 308 g/mol. The van der Waals surface area contributed by atoms with Crippen molar-refractivity contribution < 1.29 is 18.6 Å². The third kappa shape index (κ3) is 3.38. The number of hydrogen-bond acceptors (Lipinski definition) is 4. The van der Waals surface area contributed by atoms with E-state index in [-0.39, 0.29) is 30.3 Å². The van der Waals surface area contributed by atoms with Gasteiger partial charge in [-0.3, -0.25) is 4.90 Å². The normalized spacial score (nSPS) is 17.4. The molecule has 0 unspecified atom stereocenters. The van der Waals surface area contributed by atoms with E-state index >= 15 is 0 Å². The minimum absolute atomic E-state index is 0. The largest absolute Gasteiger partial charge is 0.494 e. The predicted molar refractivity (Wildman–Crippen MR) is 74.4 cm³/mol. The van der Waals surface area contributed by atoms with E-state index in [1.165, 1.54) is 19.2 Å². The Kier molecular flexibility index (Phi) is 6.61. The summed E-state index contributed by atoms with van der Waals surface area (Å²) in [5.41, 5.74) is -0.122. The summed E-state index contributed by atoms with van der Waals surface area (Å²) in [7, 11) is 1.33. The van der Waals surface area contributed by atoms with Crippen LogP contribution in [0.25, 0.3) is 0 Å². The second-order valence-corrected chi connectivity index (χ2v) is 4.46. The summed E-state index contributed by atoms with van der Waals surface area (Å²) in [6, 6.07) is 1.74. The molecule has 1 heterocycles. The van der Waals surface area contributed by atoms with Crippen molar-refractivity contribution in [1.29, 1.82) is 0 Å². The molecule has 0 spiro atoms. The number of halogens is 3. The summed E-state index contributed by atoms with van der Waals surface area (Å²) in [6.07, 6.45) is 0. The highest BCUT2D eigenvalue weighted by Gasteiger charge is 2.28. The minimum Gasteiger partial charge on any atom is -0.494 e. The molecule has 0 aliphatic carbocycles. The van der Waals surface area contributed by atoms with Gasteiger partial charge in [-0.05, 0) is 12.1 Å². The molecule has 1 fully saturated rings. The number of aliphatic hydroxyl groups is 1. The summed E-state index contributed by atoms with van der Waals surface area (Å²) in [6.45, 7) is 2.43. The fourth-order valence-corrected chi connectivity index (χ4v) is 2.40. The molecule has 114 valence electrons. The average molecular weight is 309 g/mol. The van der Waals surface area contributed by atoms with Crippen LogP contribution in [0.5, 0.6) is 5.75 Å². The minimum atomic E-state index is -0.736. The summed E-state index contributed by atoms with van der Waals surface area (Å²) < 4.78 is 33.0. The molecule has 0 aromatic heterocycles. The maximum absolute atomic E-state index is 14.2. The van der Waals surface area contributed by atoms with Crippen LogP contribution in [0.2, 0.25) is 0 Å². The lowest BCUT2D eigenvalue weighted by Gasteiger charge is -2.34. The van der Waals surface area contributed by atoms with Gasteiger partial charge in [-0.2, -0.15) is 0 Å². The standard InChI is InChI=1S/C13H18F2N2O2.ClH/c1-19-11-3-2-9(14)12(13(11)15)10(8-18)17-6-4-16-5-7-17;/h2-3,10,16,18H,4-8H2,1H3;1H/t10-;/m1./s1. The number of benzene rings is 1. The fraction of sp³-hybridized carbons (Fsp3) is 0.538. The second kappa shape index (κ2) is 7.73. The smallest absolute Gasteiger partial charge is 0.172 e. The summed E-state index contributed by atoms with van der Waals surface area (Å²) >= 11 is 0. The van der Waals surface area contributed by atoms with Crippen LogP contribution in [0.15, 0.2) is 12.1 Å². The fourth-order valence-electron chi connectivity index (χ4n) is 2.40.